The average Bonchev–Trinajstić information content (AvgIpc) is 2.71. The van der Waals surface area contributed by atoms with Crippen LogP contribution in [0.3, 0.4) is 0 Å². The number of hydrogen-bond acceptors (Lipinski definition) is 4. The van der Waals surface area contributed by atoms with Crippen molar-refractivity contribution in [3.8, 4) is 5.75 Å². The molecule has 0 spiro atoms. The number of rotatable bonds is 4. The molecular weight excluding hydrogens is 407 g/mol. The van der Waals surface area contributed by atoms with Gasteiger partial charge >= 0.3 is 6.18 Å². The van der Waals surface area contributed by atoms with Crippen LogP contribution in [0.1, 0.15) is 60.2 Å². The van der Waals surface area contributed by atoms with E-state index in [0.29, 0.717) is 17.2 Å². The molecule has 0 aliphatic carbocycles. The highest BCUT2D eigenvalue weighted by Crippen LogP contribution is 2.44. The van der Waals surface area contributed by atoms with Crippen LogP contribution >= 0.6 is 0 Å². The Morgan fingerprint density at radius 3 is 2.65 bits per heavy atom. The van der Waals surface area contributed by atoms with Gasteiger partial charge in [0.05, 0.1) is 18.9 Å². The zero-order valence-electron chi connectivity index (χ0n) is 18.2. The van der Waals surface area contributed by atoms with Crippen molar-refractivity contribution in [3.63, 3.8) is 0 Å². The molecule has 2 aromatic rings. The lowest BCUT2D eigenvalue weighted by molar-refractivity contribution is -0.137. The fourth-order valence-electron chi connectivity index (χ4n) is 3.95. The summed E-state index contributed by atoms with van der Waals surface area (Å²) in [5.74, 6) is 0.181. The summed E-state index contributed by atoms with van der Waals surface area (Å²) in [6.07, 6.45) is -2.10. The van der Waals surface area contributed by atoms with Gasteiger partial charge in [-0.05, 0) is 56.0 Å². The molecule has 31 heavy (non-hydrogen) atoms. The summed E-state index contributed by atoms with van der Waals surface area (Å²) in [6, 6.07) is 8.13. The minimum Gasteiger partial charge on any atom is -0.496 e. The van der Waals surface area contributed by atoms with Gasteiger partial charge in [-0.15, -0.1) is 0 Å². The van der Waals surface area contributed by atoms with Gasteiger partial charge in [0.15, 0.2) is 0 Å². The lowest BCUT2D eigenvalue weighted by Gasteiger charge is -2.45. The number of carbonyl (C=O) groups is 1. The van der Waals surface area contributed by atoms with Gasteiger partial charge in [0.2, 0.25) is 0 Å². The second-order valence-corrected chi connectivity index (χ2v) is 8.41. The topological polar surface area (TPSA) is 53.9 Å². The maximum absolute atomic E-state index is 12.9. The van der Waals surface area contributed by atoms with Crippen LogP contribution < -0.4 is 15.1 Å². The number of anilines is 1. The fraction of sp³-hybridized carbons (Fsp3) is 0.391. The first-order chi connectivity index (χ1) is 14.4. The van der Waals surface area contributed by atoms with E-state index in [0.717, 1.165) is 29.8 Å². The van der Waals surface area contributed by atoms with E-state index in [2.05, 4.69) is 36.2 Å². The third-order valence-electron chi connectivity index (χ3n) is 5.81. The number of amides is 1. The summed E-state index contributed by atoms with van der Waals surface area (Å²) in [7, 11) is 3.60. The highest BCUT2D eigenvalue weighted by atomic mass is 19.4. The third-order valence-corrected chi connectivity index (χ3v) is 5.81. The van der Waals surface area contributed by atoms with Crippen molar-refractivity contribution in [1.82, 2.24) is 5.43 Å². The number of carbonyl (C=O) groups excluding carboxylic acids is 1. The monoisotopic (exact) mass is 433 g/mol. The molecule has 2 aromatic carbocycles. The molecule has 8 heteroatoms. The molecule has 0 bridgehead atoms. The number of nitrogens with one attached hydrogen (secondary N) is 1. The zero-order valence-corrected chi connectivity index (χ0v) is 18.2. The quantitative estimate of drug-likeness (QED) is 0.533. The Balaban J connectivity index is 1.83. The van der Waals surface area contributed by atoms with Gasteiger partial charge in [0, 0.05) is 35.5 Å². The second kappa shape index (κ2) is 8.24. The van der Waals surface area contributed by atoms with Crippen LogP contribution in [0.4, 0.5) is 18.9 Å². The first-order valence-electron chi connectivity index (χ1n) is 9.90. The Morgan fingerprint density at radius 1 is 1.29 bits per heavy atom. The lowest BCUT2D eigenvalue weighted by Crippen LogP contribution is -2.45. The molecule has 0 saturated heterocycles. The van der Waals surface area contributed by atoms with Crippen LogP contribution in [-0.4, -0.2) is 31.8 Å². The lowest BCUT2D eigenvalue weighted by atomic mass is 9.80. The molecular formula is C23H26F3N3O2. The third kappa shape index (κ3) is 4.68. The van der Waals surface area contributed by atoms with Crippen LogP contribution in [0.25, 0.3) is 0 Å². The van der Waals surface area contributed by atoms with Crippen LogP contribution in [0.2, 0.25) is 0 Å². The molecule has 1 atom stereocenters. The summed E-state index contributed by atoms with van der Waals surface area (Å²) < 4.78 is 44.1. The van der Waals surface area contributed by atoms with E-state index in [9.17, 15) is 18.0 Å². The van der Waals surface area contributed by atoms with E-state index in [1.807, 2.05) is 19.2 Å². The SMILES string of the molecule is COc1cc2c(cc1/C=N\NC(=O)c1cccc(C(F)(F)F)c1)C(C)CC(C)(C)N2C. The first-order valence-corrected chi connectivity index (χ1v) is 9.90. The van der Waals surface area contributed by atoms with E-state index < -0.39 is 17.6 Å². The molecule has 1 aliphatic rings. The van der Waals surface area contributed by atoms with Crippen LogP contribution in [0.5, 0.6) is 5.75 Å². The Kier molecular flexibility index (Phi) is 6.02. The van der Waals surface area contributed by atoms with Gasteiger partial charge < -0.3 is 9.64 Å². The van der Waals surface area contributed by atoms with E-state index in [4.69, 9.17) is 4.74 Å². The van der Waals surface area contributed by atoms with Crippen molar-refractivity contribution < 1.29 is 22.7 Å². The number of hydrogen-bond donors (Lipinski definition) is 1. The highest BCUT2D eigenvalue weighted by molar-refractivity contribution is 5.95. The molecule has 5 nitrogen and oxygen atoms in total. The van der Waals surface area contributed by atoms with Crippen LogP contribution in [-0.2, 0) is 6.18 Å². The van der Waals surface area contributed by atoms with Gasteiger partial charge in [-0.3, -0.25) is 4.79 Å². The number of hydrazone groups is 1. The van der Waals surface area contributed by atoms with Crippen molar-refractivity contribution in [3.05, 3.63) is 58.7 Å². The largest absolute Gasteiger partial charge is 0.496 e. The summed E-state index contributed by atoms with van der Waals surface area (Å²) in [6.45, 7) is 6.55. The molecule has 1 heterocycles. The van der Waals surface area contributed by atoms with E-state index in [1.54, 1.807) is 7.11 Å². The molecule has 3 rings (SSSR count). The van der Waals surface area contributed by atoms with Crippen molar-refractivity contribution in [1.29, 1.82) is 0 Å². The smallest absolute Gasteiger partial charge is 0.416 e. The molecule has 0 aromatic heterocycles. The van der Waals surface area contributed by atoms with Crippen LogP contribution in [0, 0.1) is 0 Å². The molecule has 0 fully saturated rings. The predicted octanol–water partition coefficient (Wildman–Crippen LogP) is 5.20. The van der Waals surface area contributed by atoms with Crippen molar-refractivity contribution >= 4 is 17.8 Å². The Hall–Kier alpha value is -3.03. The maximum atomic E-state index is 12.9. The van der Waals surface area contributed by atoms with Crippen molar-refractivity contribution in [2.45, 2.75) is 44.8 Å². The molecule has 1 amide bonds. The first kappa shape index (κ1) is 22.7. The van der Waals surface area contributed by atoms with Gasteiger partial charge in [-0.2, -0.15) is 18.3 Å². The maximum Gasteiger partial charge on any atom is 0.416 e. The zero-order chi connectivity index (χ0) is 23.0. The fourth-order valence-corrected chi connectivity index (χ4v) is 3.95. The van der Waals surface area contributed by atoms with Crippen LogP contribution in [0.15, 0.2) is 41.5 Å². The molecule has 0 radical (unpaired) electrons. The van der Waals surface area contributed by atoms with Gasteiger partial charge in [-0.1, -0.05) is 13.0 Å². The van der Waals surface area contributed by atoms with Crippen molar-refractivity contribution in [2.75, 3.05) is 19.1 Å². The van der Waals surface area contributed by atoms with Crippen molar-refractivity contribution in [2.24, 2.45) is 5.10 Å². The number of methoxy groups -OCH3 is 1. The molecule has 1 N–H and O–H groups in total. The average molecular weight is 433 g/mol. The molecule has 166 valence electrons. The highest BCUT2D eigenvalue weighted by Gasteiger charge is 2.35. The van der Waals surface area contributed by atoms with E-state index in [1.165, 1.54) is 18.3 Å². The van der Waals surface area contributed by atoms with E-state index >= 15 is 0 Å². The second-order valence-electron chi connectivity index (χ2n) is 8.41. The molecule has 0 saturated carbocycles. The normalized spacial score (nSPS) is 18.1. The summed E-state index contributed by atoms with van der Waals surface area (Å²) >= 11 is 0. The Morgan fingerprint density at radius 2 is 2.00 bits per heavy atom. The minimum atomic E-state index is -4.52. The van der Waals surface area contributed by atoms with Gasteiger partial charge in [-0.25, -0.2) is 5.43 Å². The van der Waals surface area contributed by atoms with Gasteiger partial charge in [0.25, 0.3) is 5.91 Å². The number of nitrogens with zero attached hydrogens (tertiary/aromatic N) is 2. The number of benzene rings is 2. The minimum absolute atomic E-state index is 0.00591. The predicted molar refractivity (Wildman–Crippen MR) is 115 cm³/mol. The summed E-state index contributed by atoms with van der Waals surface area (Å²) in [5.41, 5.74) is 4.18. The number of alkyl halides is 3. The number of halogens is 3. The summed E-state index contributed by atoms with van der Waals surface area (Å²) in [5, 5.41) is 3.94. The number of fused-ring (bicyclic) bond motifs is 1. The van der Waals surface area contributed by atoms with E-state index in [-0.39, 0.29) is 11.1 Å². The number of ether oxygens (including phenoxy) is 1. The Bertz CT molecular complexity index is 1020. The molecule has 1 aliphatic heterocycles. The molecule has 1 unspecified atom stereocenters. The van der Waals surface area contributed by atoms with Gasteiger partial charge in [0.1, 0.15) is 5.75 Å². The Labute approximate surface area is 179 Å². The standard InChI is InChI=1S/C23H26F3N3O2/c1-14-12-22(2,3)29(4)19-11-20(31-5)16(10-18(14)19)13-27-28-21(30)15-7-6-8-17(9-15)23(24,25)26/h6-11,13-14H,12H2,1-5H3,(H,28,30)/b27-13-. The summed E-state index contributed by atoms with van der Waals surface area (Å²) in [4.78, 5) is 14.5.